The van der Waals surface area contributed by atoms with E-state index in [1.807, 2.05) is 0 Å². The minimum atomic E-state index is 0.332. The van der Waals surface area contributed by atoms with E-state index in [-0.39, 0.29) is 0 Å². The number of fused-ring (bicyclic) bond motifs is 1. The second-order valence-electron chi connectivity index (χ2n) is 6.34. The SMILES string of the molecule is COc1cc(OC)c(Nc2nc(Nc3ccc(C#N)cc3)nc3nc[nH]c23)c(OC)c1. The van der Waals surface area contributed by atoms with E-state index in [4.69, 9.17) is 19.5 Å². The number of benzene rings is 2. The van der Waals surface area contributed by atoms with Crippen molar-refractivity contribution < 1.29 is 14.2 Å². The summed E-state index contributed by atoms with van der Waals surface area (Å²) in [4.78, 5) is 16.3. The molecular formula is C21H19N7O3. The molecule has 0 spiro atoms. The predicted molar refractivity (Wildman–Crippen MR) is 116 cm³/mol. The van der Waals surface area contributed by atoms with E-state index in [0.717, 1.165) is 5.69 Å². The van der Waals surface area contributed by atoms with Gasteiger partial charge in [0.25, 0.3) is 0 Å². The standard InChI is InChI=1S/C21H19N7O3/c1-29-14-8-15(30-2)17(16(9-14)31-3)26-20-18-19(24-11-23-18)27-21(28-20)25-13-6-4-12(10-22)5-7-13/h4-9,11H,1-3H3,(H3,23,24,25,26,27,28). The predicted octanol–water partition coefficient (Wildman–Crippen LogP) is 3.74. The van der Waals surface area contributed by atoms with Gasteiger partial charge in [0.2, 0.25) is 5.95 Å². The topological polar surface area (TPSA) is 130 Å². The first-order chi connectivity index (χ1) is 15.1. The first kappa shape index (κ1) is 19.8. The van der Waals surface area contributed by atoms with Crippen molar-refractivity contribution in [3.63, 3.8) is 0 Å². The van der Waals surface area contributed by atoms with Crippen molar-refractivity contribution >= 4 is 34.3 Å². The third kappa shape index (κ3) is 3.97. The largest absolute Gasteiger partial charge is 0.496 e. The van der Waals surface area contributed by atoms with Gasteiger partial charge in [-0.1, -0.05) is 0 Å². The number of rotatable bonds is 7. The Morgan fingerprint density at radius 2 is 1.65 bits per heavy atom. The number of aromatic amines is 1. The Labute approximate surface area is 177 Å². The number of methoxy groups -OCH3 is 3. The van der Waals surface area contributed by atoms with Crippen LogP contribution in [0.4, 0.5) is 23.1 Å². The highest BCUT2D eigenvalue weighted by Crippen LogP contribution is 2.41. The lowest BCUT2D eigenvalue weighted by Gasteiger charge is -2.17. The van der Waals surface area contributed by atoms with Crippen LogP contribution in [0.5, 0.6) is 17.2 Å². The normalized spacial score (nSPS) is 10.4. The van der Waals surface area contributed by atoms with Gasteiger partial charge in [-0.3, -0.25) is 0 Å². The number of nitrogens with one attached hydrogen (secondary N) is 3. The number of imidazole rings is 1. The Morgan fingerprint density at radius 1 is 0.935 bits per heavy atom. The molecule has 0 atom stereocenters. The van der Waals surface area contributed by atoms with Crippen LogP contribution in [-0.2, 0) is 0 Å². The van der Waals surface area contributed by atoms with Crippen molar-refractivity contribution in [2.75, 3.05) is 32.0 Å². The van der Waals surface area contributed by atoms with Gasteiger partial charge in [-0.05, 0) is 24.3 Å². The molecule has 0 aliphatic carbocycles. The number of aromatic nitrogens is 4. The molecule has 2 aromatic heterocycles. The maximum Gasteiger partial charge on any atom is 0.231 e. The molecular weight excluding hydrogens is 398 g/mol. The van der Waals surface area contributed by atoms with Crippen molar-refractivity contribution in [2.45, 2.75) is 0 Å². The summed E-state index contributed by atoms with van der Waals surface area (Å²) in [6, 6.07) is 12.5. The molecule has 0 radical (unpaired) electrons. The molecule has 3 N–H and O–H groups in total. The Balaban J connectivity index is 1.74. The van der Waals surface area contributed by atoms with Crippen LogP contribution in [0.3, 0.4) is 0 Å². The van der Waals surface area contributed by atoms with Crippen molar-refractivity contribution in [1.29, 1.82) is 5.26 Å². The zero-order valence-electron chi connectivity index (χ0n) is 17.1. The minimum absolute atomic E-state index is 0.332. The maximum atomic E-state index is 8.96. The molecule has 2 heterocycles. The highest BCUT2D eigenvalue weighted by Gasteiger charge is 2.17. The summed E-state index contributed by atoms with van der Waals surface area (Å²) in [6.07, 6.45) is 1.54. The molecule has 0 fully saturated rings. The van der Waals surface area contributed by atoms with Crippen LogP contribution in [-0.4, -0.2) is 41.3 Å². The van der Waals surface area contributed by atoms with Gasteiger partial charge in [-0.2, -0.15) is 15.2 Å². The van der Waals surface area contributed by atoms with Crippen LogP contribution in [0.15, 0.2) is 42.7 Å². The summed E-state index contributed by atoms with van der Waals surface area (Å²) in [5.74, 6) is 2.43. The number of hydrogen-bond acceptors (Lipinski definition) is 9. The third-order valence-corrected chi connectivity index (χ3v) is 4.51. The second-order valence-corrected chi connectivity index (χ2v) is 6.34. The van der Waals surface area contributed by atoms with Gasteiger partial charge in [0.05, 0.1) is 39.3 Å². The molecule has 10 nitrogen and oxygen atoms in total. The number of hydrogen-bond donors (Lipinski definition) is 3. The van der Waals surface area contributed by atoms with Gasteiger partial charge < -0.3 is 29.8 Å². The molecule has 0 aliphatic rings. The smallest absolute Gasteiger partial charge is 0.231 e. The number of nitriles is 1. The minimum Gasteiger partial charge on any atom is -0.496 e. The quantitative estimate of drug-likeness (QED) is 0.411. The van der Waals surface area contributed by atoms with Crippen LogP contribution >= 0.6 is 0 Å². The monoisotopic (exact) mass is 417 g/mol. The molecule has 0 unspecified atom stereocenters. The zero-order chi connectivity index (χ0) is 21.8. The average Bonchev–Trinajstić information content (AvgIpc) is 3.28. The number of anilines is 4. The highest BCUT2D eigenvalue weighted by atomic mass is 16.5. The zero-order valence-corrected chi connectivity index (χ0v) is 17.1. The molecule has 0 aliphatic heterocycles. The first-order valence-corrected chi connectivity index (χ1v) is 9.20. The Bertz CT molecular complexity index is 1240. The van der Waals surface area contributed by atoms with Crippen molar-refractivity contribution in [3.05, 3.63) is 48.3 Å². The van der Waals surface area contributed by atoms with Crippen LogP contribution in [0.1, 0.15) is 5.56 Å². The number of nitrogens with zero attached hydrogens (tertiary/aromatic N) is 4. The van der Waals surface area contributed by atoms with Crippen LogP contribution in [0, 0.1) is 11.3 Å². The van der Waals surface area contributed by atoms with Gasteiger partial charge in [-0.15, -0.1) is 0 Å². The lowest BCUT2D eigenvalue weighted by molar-refractivity contribution is 0.378. The van der Waals surface area contributed by atoms with Gasteiger partial charge >= 0.3 is 0 Å². The second kappa shape index (κ2) is 8.46. The van der Waals surface area contributed by atoms with E-state index < -0.39 is 0 Å². The summed E-state index contributed by atoms with van der Waals surface area (Å²) in [5.41, 5.74) is 2.96. The molecule has 4 rings (SSSR count). The summed E-state index contributed by atoms with van der Waals surface area (Å²) >= 11 is 0. The van der Waals surface area contributed by atoms with Gasteiger partial charge in [0, 0.05) is 17.8 Å². The summed E-state index contributed by atoms with van der Waals surface area (Å²) in [6.45, 7) is 0. The van der Waals surface area contributed by atoms with Crippen molar-refractivity contribution in [1.82, 2.24) is 19.9 Å². The van der Waals surface area contributed by atoms with E-state index >= 15 is 0 Å². The van der Waals surface area contributed by atoms with E-state index in [9.17, 15) is 0 Å². The Morgan fingerprint density at radius 3 is 2.26 bits per heavy atom. The fourth-order valence-electron chi connectivity index (χ4n) is 2.98. The van der Waals surface area contributed by atoms with Crippen LogP contribution in [0.25, 0.3) is 11.2 Å². The summed E-state index contributed by atoms with van der Waals surface area (Å²) < 4.78 is 16.3. The first-order valence-electron chi connectivity index (χ1n) is 9.20. The molecule has 2 aromatic carbocycles. The highest BCUT2D eigenvalue weighted by molar-refractivity contribution is 5.88. The van der Waals surface area contributed by atoms with Gasteiger partial charge in [0.1, 0.15) is 28.5 Å². The maximum absolute atomic E-state index is 8.96. The van der Waals surface area contributed by atoms with Crippen LogP contribution < -0.4 is 24.8 Å². The molecule has 10 heteroatoms. The molecule has 4 aromatic rings. The number of ether oxygens (including phenoxy) is 3. The van der Waals surface area contributed by atoms with Crippen LogP contribution in [0.2, 0.25) is 0 Å². The molecule has 0 amide bonds. The lowest BCUT2D eigenvalue weighted by Crippen LogP contribution is -2.04. The van der Waals surface area contributed by atoms with E-state index in [2.05, 4.69) is 36.6 Å². The average molecular weight is 417 g/mol. The fraction of sp³-hybridized carbons (Fsp3) is 0.143. The number of H-pyrrole nitrogens is 1. The van der Waals surface area contributed by atoms with E-state index in [0.29, 0.717) is 51.4 Å². The Hall–Kier alpha value is -4.52. The summed E-state index contributed by atoms with van der Waals surface area (Å²) in [5, 5.41) is 15.4. The molecule has 156 valence electrons. The molecule has 0 saturated heterocycles. The lowest BCUT2D eigenvalue weighted by atomic mass is 10.2. The third-order valence-electron chi connectivity index (χ3n) is 4.51. The van der Waals surface area contributed by atoms with E-state index in [1.54, 1.807) is 64.1 Å². The van der Waals surface area contributed by atoms with Gasteiger partial charge in [0.15, 0.2) is 11.5 Å². The van der Waals surface area contributed by atoms with Crippen molar-refractivity contribution in [2.24, 2.45) is 0 Å². The van der Waals surface area contributed by atoms with E-state index in [1.165, 1.54) is 0 Å². The van der Waals surface area contributed by atoms with Crippen molar-refractivity contribution in [3.8, 4) is 23.3 Å². The fourth-order valence-corrected chi connectivity index (χ4v) is 2.98. The molecule has 0 bridgehead atoms. The molecule has 0 saturated carbocycles. The molecule has 31 heavy (non-hydrogen) atoms. The Kier molecular flexibility index (Phi) is 5.40. The van der Waals surface area contributed by atoms with Gasteiger partial charge in [-0.25, -0.2) is 4.98 Å². The summed E-state index contributed by atoms with van der Waals surface area (Å²) in [7, 11) is 4.69.